The van der Waals surface area contributed by atoms with Crippen LogP contribution >= 0.6 is 0 Å². The van der Waals surface area contributed by atoms with Crippen molar-refractivity contribution >= 4 is 33.7 Å². The van der Waals surface area contributed by atoms with Gasteiger partial charge in [0.05, 0.1) is 28.9 Å². The first-order valence-corrected chi connectivity index (χ1v) is 10.9. The molecule has 0 amide bonds. The van der Waals surface area contributed by atoms with Crippen LogP contribution < -0.4 is 10.2 Å². The quantitative estimate of drug-likeness (QED) is 0.428. The molecule has 2 aromatic heterocycles. The number of rotatable bonds is 4. The number of fused-ring (bicyclic) bond motifs is 2. The Hall–Kier alpha value is -4.44. The summed E-state index contributed by atoms with van der Waals surface area (Å²) in [7, 11) is 1.85. The molecule has 160 valence electrons. The van der Waals surface area contributed by atoms with E-state index in [4.69, 9.17) is 4.98 Å². The number of aromatic nitrogens is 4. The van der Waals surface area contributed by atoms with Crippen molar-refractivity contribution in [3.8, 4) is 17.2 Å². The number of nitrogens with one attached hydrogen (secondary N) is 2. The smallest absolute Gasteiger partial charge is 0.229 e. The maximum Gasteiger partial charge on any atom is 0.229 e. The average Bonchev–Trinajstić information content (AvgIpc) is 3.32. The number of hydrogen-bond donors (Lipinski definition) is 2. The van der Waals surface area contributed by atoms with Gasteiger partial charge in [-0.1, -0.05) is 42.5 Å². The minimum absolute atomic E-state index is 0.118. The molecule has 33 heavy (non-hydrogen) atoms. The van der Waals surface area contributed by atoms with Crippen LogP contribution in [0.1, 0.15) is 11.5 Å². The molecule has 0 bridgehead atoms. The minimum atomic E-state index is -0.303. The number of nitriles is 1. The highest BCUT2D eigenvalue weighted by atomic mass is 15.3. The first kappa shape index (κ1) is 19.3. The van der Waals surface area contributed by atoms with Gasteiger partial charge in [0.25, 0.3) is 0 Å². The summed E-state index contributed by atoms with van der Waals surface area (Å²) in [5, 5.41) is 14.1. The highest BCUT2D eigenvalue weighted by Gasteiger charge is 2.42. The summed E-state index contributed by atoms with van der Waals surface area (Å²) in [5.41, 5.74) is 6.27. The highest BCUT2D eigenvalue weighted by Crippen LogP contribution is 2.38. The molecule has 0 spiro atoms. The molecule has 1 aliphatic rings. The molecular weight excluding hydrogens is 410 g/mol. The fourth-order valence-corrected chi connectivity index (χ4v) is 4.58. The summed E-state index contributed by atoms with van der Waals surface area (Å²) in [4.78, 5) is 18.8. The lowest BCUT2D eigenvalue weighted by Gasteiger charge is -2.44. The van der Waals surface area contributed by atoms with Gasteiger partial charge >= 0.3 is 0 Å². The van der Waals surface area contributed by atoms with Crippen molar-refractivity contribution in [1.29, 1.82) is 5.26 Å². The largest absolute Gasteiger partial charge is 0.372 e. The predicted molar refractivity (Wildman–Crippen MR) is 130 cm³/mol. The Kier molecular flexibility index (Phi) is 4.44. The summed E-state index contributed by atoms with van der Waals surface area (Å²) in [6.07, 6.45) is 1.71. The van der Waals surface area contributed by atoms with Crippen LogP contribution in [0.2, 0.25) is 0 Å². The number of para-hydroxylation sites is 1. The summed E-state index contributed by atoms with van der Waals surface area (Å²) in [5.74, 6) is 1.48. The number of H-pyrrole nitrogens is 1. The third-order valence-electron chi connectivity index (χ3n) is 6.42. The third-order valence-corrected chi connectivity index (χ3v) is 6.42. The van der Waals surface area contributed by atoms with Crippen LogP contribution in [0.15, 0.2) is 73.1 Å². The molecule has 7 nitrogen and oxygen atoms in total. The van der Waals surface area contributed by atoms with Gasteiger partial charge in [0, 0.05) is 24.9 Å². The van der Waals surface area contributed by atoms with Gasteiger partial charge in [-0.25, -0.2) is 9.97 Å². The Labute approximate surface area is 190 Å². The number of benzene rings is 3. The van der Waals surface area contributed by atoms with Crippen molar-refractivity contribution in [3.05, 3.63) is 78.6 Å². The number of nitrogens with zero attached hydrogens (tertiary/aromatic N) is 5. The first-order chi connectivity index (χ1) is 16.2. The minimum Gasteiger partial charge on any atom is -0.372 e. The molecule has 2 unspecified atom stereocenters. The van der Waals surface area contributed by atoms with E-state index in [0.29, 0.717) is 12.5 Å². The Morgan fingerprint density at radius 3 is 2.64 bits per heavy atom. The van der Waals surface area contributed by atoms with Crippen LogP contribution in [0.4, 0.5) is 11.8 Å². The Balaban J connectivity index is 1.26. The maximum atomic E-state index is 9.93. The normalized spacial score (nSPS) is 17.6. The molecule has 0 aliphatic carbocycles. The van der Waals surface area contributed by atoms with Gasteiger partial charge in [0.1, 0.15) is 11.9 Å². The molecule has 1 saturated heterocycles. The van der Waals surface area contributed by atoms with E-state index >= 15 is 0 Å². The van der Waals surface area contributed by atoms with E-state index in [2.05, 4.69) is 62.7 Å². The van der Waals surface area contributed by atoms with Gasteiger partial charge in [-0.3, -0.25) is 0 Å². The summed E-state index contributed by atoms with van der Waals surface area (Å²) >= 11 is 0. The Morgan fingerprint density at radius 2 is 1.82 bits per heavy atom. The van der Waals surface area contributed by atoms with E-state index in [1.165, 1.54) is 0 Å². The fraction of sp³-hybridized carbons (Fsp3) is 0.154. The lowest BCUT2D eigenvalue weighted by molar-refractivity contribution is 0.441. The van der Waals surface area contributed by atoms with Crippen LogP contribution in [0.3, 0.4) is 0 Å². The zero-order valence-electron chi connectivity index (χ0n) is 18.0. The summed E-state index contributed by atoms with van der Waals surface area (Å²) in [6, 6.07) is 24.8. The van der Waals surface area contributed by atoms with Crippen LogP contribution in [0.25, 0.3) is 33.1 Å². The van der Waals surface area contributed by atoms with Gasteiger partial charge < -0.3 is 15.2 Å². The number of aromatic amines is 1. The van der Waals surface area contributed by atoms with Crippen molar-refractivity contribution < 1.29 is 0 Å². The van der Waals surface area contributed by atoms with Crippen LogP contribution in [0, 0.1) is 11.3 Å². The number of imidazole rings is 1. The molecule has 0 saturated carbocycles. The Morgan fingerprint density at radius 1 is 1.00 bits per heavy atom. The molecule has 3 aromatic carbocycles. The first-order valence-electron chi connectivity index (χ1n) is 10.9. The molecule has 2 atom stereocenters. The van der Waals surface area contributed by atoms with Crippen LogP contribution in [-0.2, 0) is 0 Å². The lowest BCUT2D eigenvalue weighted by atomic mass is 9.83. The highest BCUT2D eigenvalue weighted by molar-refractivity contribution is 5.90. The van der Waals surface area contributed by atoms with Crippen LogP contribution in [-0.4, -0.2) is 39.6 Å². The van der Waals surface area contributed by atoms with E-state index in [9.17, 15) is 5.26 Å². The second kappa shape index (κ2) is 7.61. The molecule has 3 heterocycles. The van der Waals surface area contributed by atoms with E-state index < -0.39 is 0 Å². The van der Waals surface area contributed by atoms with E-state index in [1.807, 2.05) is 42.3 Å². The molecule has 5 aromatic rings. The molecule has 7 heteroatoms. The van der Waals surface area contributed by atoms with E-state index in [1.54, 1.807) is 6.33 Å². The second-order valence-corrected chi connectivity index (χ2v) is 8.23. The lowest BCUT2D eigenvalue weighted by Crippen LogP contribution is -2.54. The van der Waals surface area contributed by atoms with E-state index in [-0.39, 0.29) is 12.0 Å². The van der Waals surface area contributed by atoms with Crippen molar-refractivity contribution in [1.82, 2.24) is 19.9 Å². The zero-order valence-corrected chi connectivity index (χ0v) is 18.0. The zero-order chi connectivity index (χ0) is 22.4. The molecule has 1 fully saturated rings. The van der Waals surface area contributed by atoms with Crippen molar-refractivity contribution in [3.63, 3.8) is 0 Å². The van der Waals surface area contributed by atoms with E-state index in [0.717, 1.165) is 44.4 Å². The average molecular weight is 432 g/mol. The van der Waals surface area contributed by atoms with Gasteiger partial charge in [0.15, 0.2) is 0 Å². The summed E-state index contributed by atoms with van der Waals surface area (Å²) < 4.78 is 0. The SMILES string of the molecule is CNc1nc(N2CC(c3ccc(-c4ccc5nc[nH]c5c4)cc3)C2C#N)nc2ccccc12. The Bertz CT molecular complexity index is 1510. The standard InChI is InChI=1S/C26H21N7/c1-28-25-19-4-2-3-5-21(19)31-26(32-25)33-14-20(24(33)13-27)17-8-6-16(7-9-17)18-10-11-22-23(12-18)30-15-29-22/h2-12,15,20,24H,14H2,1H3,(H,29,30)(H,28,31,32). The van der Waals surface area contributed by atoms with Crippen LogP contribution in [0.5, 0.6) is 0 Å². The topological polar surface area (TPSA) is 93.5 Å². The van der Waals surface area contributed by atoms with Gasteiger partial charge in [-0.15, -0.1) is 0 Å². The fourth-order valence-electron chi connectivity index (χ4n) is 4.58. The maximum absolute atomic E-state index is 9.93. The van der Waals surface area contributed by atoms with Gasteiger partial charge in [-0.05, 0) is 41.0 Å². The second-order valence-electron chi connectivity index (χ2n) is 8.23. The predicted octanol–water partition coefficient (Wildman–Crippen LogP) is 4.71. The van der Waals surface area contributed by atoms with Crippen molar-refractivity contribution in [2.45, 2.75) is 12.0 Å². The molecule has 6 rings (SSSR count). The van der Waals surface area contributed by atoms with Gasteiger partial charge in [0.2, 0.25) is 5.95 Å². The molecule has 1 aliphatic heterocycles. The van der Waals surface area contributed by atoms with Crippen molar-refractivity contribution in [2.75, 3.05) is 23.8 Å². The third kappa shape index (κ3) is 3.15. The van der Waals surface area contributed by atoms with Crippen molar-refractivity contribution in [2.24, 2.45) is 0 Å². The molecule has 0 radical (unpaired) electrons. The summed E-state index contributed by atoms with van der Waals surface area (Å²) in [6.45, 7) is 0.708. The molecule has 2 N–H and O–H groups in total. The number of hydrogen-bond acceptors (Lipinski definition) is 6. The molecular formula is C26H21N7. The van der Waals surface area contributed by atoms with Gasteiger partial charge in [-0.2, -0.15) is 10.2 Å². The monoisotopic (exact) mass is 431 g/mol. The number of anilines is 2.